The lowest BCUT2D eigenvalue weighted by atomic mass is 9.96. The molecule has 0 aromatic rings. The van der Waals surface area contributed by atoms with Crippen molar-refractivity contribution in [3.05, 3.63) is 0 Å². The van der Waals surface area contributed by atoms with E-state index in [1.807, 2.05) is 0 Å². The molecule has 0 bridgehead atoms. The van der Waals surface area contributed by atoms with E-state index in [2.05, 4.69) is 10.6 Å². The fraction of sp³-hybridized carbons (Fsp3) is 0.917. The topological polar surface area (TPSA) is 41.1 Å². The van der Waals surface area contributed by atoms with Gasteiger partial charge in [-0.3, -0.25) is 4.79 Å². The van der Waals surface area contributed by atoms with Crippen LogP contribution in [0.15, 0.2) is 0 Å². The lowest BCUT2D eigenvalue weighted by Crippen LogP contribution is -2.20. The Labute approximate surface area is 93.0 Å². The van der Waals surface area contributed by atoms with E-state index in [4.69, 9.17) is 0 Å². The Morgan fingerprint density at radius 3 is 3.07 bits per heavy atom. The number of carbonyl (C=O) groups is 1. The average Bonchev–Trinajstić information content (AvgIpc) is 2.52. The third-order valence-electron chi connectivity index (χ3n) is 3.19. The number of nitrogens with one attached hydrogen (secondary N) is 2. The molecule has 88 valence electrons. The summed E-state index contributed by atoms with van der Waals surface area (Å²) in [6.07, 6.45) is 8.27. The van der Waals surface area contributed by atoms with E-state index in [1.165, 1.54) is 45.2 Å². The molecule has 1 amide bonds. The Balaban J connectivity index is 2.00. The maximum absolute atomic E-state index is 11.0. The predicted molar refractivity (Wildman–Crippen MR) is 62.7 cm³/mol. The second-order valence-corrected chi connectivity index (χ2v) is 4.48. The summed E-state index contributed by atoms with van der Waals surface area (Å²) in [4.78, 5) is 11.0. The molecule has 15 heavy (non-hydrogen) atoms. The first-order valence-corrected chi connectivity index (χ1v) is 6.24. The monoisotopic (exact) mass is 212 g/mol. The van der Waals surface area contributed by atoms with Crippen LogP contribution in [-0.2, 0) is 4.79 Å². The summed E-state index contributed by atoms with van der Waals surface area (Å²) in [5.74, 6) is 1.02. The van der Waals surface area contributed by atoms with Gasteiger partial charge in [0.1, 0.15) is 0 Å². The van der Waals surface area contributed by atoms with E-state index in [0.29, 0.717) is 6.42 Å². The molecule has 0 spiro atoms. The Bertz CT molecular complexity index is 174. The van der Waals surface area contributed by atoms with Crippen molar-refractivity contribution in [2.45, 2.75) is 44.9 Å². The van der Waals surface area contributed by atoms with Crippen LogP contribution in [0.5, 0.6) is 0 Å². The van der Waals surface area contributed by atoms with Gasteiger partial charge in [0.25, 0.3) is 0 Å². The van der Waals surface area contributed by atoms with Crippen molar-refractivity contribution in [2.24, 2.45) is 5.92 Å². The number of hydrogen-bond acceptors (Lipinski definition) is 2. The summed E-state index contributed by atoms with van der Waals surface area (Å²) in [6, 6.07) is 0. The summed E-state index contributed by atoms with van der Waals surface area (Å²) in [7, 11) is 1.71. The Morgan fingerprint density at radius 2 is 2.27 bits per heavy atom. The zero-order chi connectivity index (χ0) is 10.9. The number of unbranched alkanes of at least 4 members (excludes halogenated alkanes) is 1. The van der Waals surface area contributed by atoms with Gasteiger partial charge < -0.3 is 10.6 Å². The van der Waals surface area contributed by atoms with Gasteiger partial charge in [-0.25, -0.2) is 0 Å². The average molecular weight is 212 g/mol. The molecule has 0 aliphatic carbocycles. The molecule has 1 fully saturated rings. The summed E-state index contributed by atoms with van der Waals surface area (Å²) in [5.41, 5.74) is 0. The minimum Gasteiger partial charge on any atom is -0.359 e. The minimum atomic E-state index is 0.175. The molecule has 3 nitrogen and oxygen atoms in total. The van der Waals surface area contributed by atoms with Gasteiger partial charge in [0.05, 0.1) is 0 Å². The fourth-order valence-corrected chi connectivity index (χ4v) is 2.18. The first kappa shape index (κ1) is 12.5. The van der Waals surface area contributed by atoms with Crippen molar-refractivity contribution < 1.29 is 4.79 Å². The van der Waals surface area contributed by atoms with Crippen LogP contribution in [-0.4, -0.2) is 26.0 Å². The van der Waals surface area contributed by atoms with Crippen LogP contribution in [0.25, 0.3) is 0 Å². The molecule has 0 saturated carbocycles. The molecular weight excluding hydrogens is 188 g/mol. The molecule has 1 aliphatic heterocycles. The van der Waals surface area contributed by atoms with Gasteiger partial charge in [-0.2, -0.15) is 0 Å². The molecule has 3 heteroatoms. The van der Waals surface area contributed by atoms with E-state index in [9.17, 15) is 4.79 Å². The summed E-state index contributed by atoms with van der Waals surface area (Å²) >= 11 is 0. The van der Waals surface area contributed by atoms with Crippen molar-refractivity contribution >= 4 is 5.91 Å². The lowest BCUT2D eigenvalue weighted by Gasteiger charge is -2.13. The highest BCUT2D eigenvalue weighted by Crippen LogP contribution is 2.17. The van der Waals surface area contributed by atoms with E-state index >= 15 is 0 Å². The smallest absolute Gasteiger partial charge is 0.219 e. The van der Waals surface area contributed by atoms with Gasteiger partial charge in [0.15, 0.2) is 0 Å². The first-order valence-electron chi connectivity index (χ1n) is 6.24. The maximum atomic E-state index is 11.0. The highest BCUT2D eigenvalue weighted by molar-refractivity contribution is 5.75. The van der Waals surface area contributed by atoms with Gasteiger partial charge in [-0.15, -0.1) is 0 Å². The quantitative estimate of drug-likeness (QED) is 0.681. The molecule has 1 aliphatic rings. The molecule has 0 radical (unpaired) electrons. The largest absolute Gasteiger partial charge is 0.359 e. The summed E-state index contributed by atoms with van der Waals surface area (Å²) in [5, 5.41) is 6.14. The number of amides is 1. The minimum absolute atomic E-state index is 0.175. The van der Waals surface area contributed by atoms with Crippen molar-refractivity contribution in [3.8, 4) is 0 Å². The third-order valence-corrected chi connectivity index (χ3v) is 3.19. The zero-order valence-corrected chi connectivity index (χ0v) is 9.85. The van der Waals surface area contributed by atoms with Crippen LogP contribution in [0, 0.1) is 5.92 Å². The molecule has 1 saturated heterocycles. The van der Waals surface area contributed by atoms with E-state index in [0.717, 1.165) is 12.3 Å². The summed E-state index contributed by atoms with van der Waals surface area (Å²) in [6.45, 7) is 2.37. The van der Waals surface area contributed by atoms with Crippen molar-refractivity contribution in [1.82, 2.24) is 10.6 Å². The Kier molecular flexibility index (Phi) is 6.41. The zero-order valence-electron chi connectivity index (χ0n) is 9.85. The van der Waals surface area contributed by atoms with Gasteiger partial charge in [-0.05, 0) is 44.7 Å². The molecule has 1 rings (SSSR count). The number of carbonyl (C=O) groups excluding carboxylic acids is 1. The van der Waals surface area contributed by atoms with Gasteiger partial charge >= 0.3 is 0 Å². The molecule has 1 unspecified atom stereocenters. The van der Waals surface area contributed by atoms with E-state index < -0.39 is 0 Å². The second kappa shape index (κ2) is 7.69. The van der Waals surface area contributed by atoms with Crippen LogP contribution in [0.2, 0.25) is 0 Å². The predicted octanol–water partition coefficient (Wildman–Crippen LogP) is 1.68. The van der Waals surface area contributed by atoms with Crippen LogP contribution in [0.3, 0.4) is 0 Å². The summed E-state index contributed by atoms with van der Waals surface area (Å²) < 4.78 is 0. The second-order valence-electron chi connectivity index (χ2n) is 4.48. The molecule has 0 aromatic carbocycles. The van der Waals surface area contributed by atoms with E-state index in [-0.39, 0.29) is 5.91 Å². The molecule has 2 N–H and O–H groups in total. The number of hydrogen-bond donors (Lipinski definition) is 2. The highest BCUT2D eigenvalue weighted by Gasteiger charge is 2.11. The standard InChI is InChI=1S/C12H24N2O/c1-13-12(15)8-3-2-6-11-7-4-5-9-14-10-11/h11,14H,2-10H2,1H3,(H,13,15). The highest BCUT2D eigenvalue weighted by atomic mass is 16.1. The molecule has 0 aromatic heterocycles. The Morgan fingerprint density at radius 1 is 1.40 bits per heavy atom. The van der Waals surface area contributed by atoms with Crippen molar-refractivity contribution in [1.29, 1.82) is 0 Å². The normalized spacial score (nSPS) is 22.1. The first-order chi connectivity index (χ1) is 7.33. The van der Waals surface area contributed by atoms with Crippen LogP contribution in [0.4, 0.5) is 0 Å². The molecule has 1 heterocycles. The van der Waals surface area contributed by atoms with Crippen LogP contribution in [0.1, 0.15) is 44.9 Å². The maximum Gasteiger partial charge on any atom is 0.219 e. The number of rotatable bonds is 5. The Hall–Kier alpha value is -0.570. The third kappa shape index (κ3) is 5.78. The van der Waals surface area contributed by atoms with Gasteiger partial charge in [0, 0.05) is 13.5 Å². The van der Waals surface area contributed by atoms with Crippen molar-refractivity contribution in [3.63, 3.8) is 0 Å². The van der Waals surface area contributed by atoms with Crippen LogP contribution >= 0.6 is 0 Å². The molecular formula is C12H24N2O. The van der Waals surface area contributed by atoms with Gasteiger partial charge in [0.2, 0.25) is 5.91 Å². The van der Waals surface area contributed by atoms with Crippen LogP contribution < -0.4 is 10.6 Å². The fourth-order valence-electron chi connectivity index (χ4n) is 2.18. The van der Waals surface area contributed by atoms with Crippen molar-refractivity contribution in [2.75, 3.05) is 20.1 Å². The SMILES string of the molecule is CNC(=O)CCCCC1CCCCNC1. The van der Waals surface area contributed by atoms with E-state index in [1.54, 1.807) is 7.05 Å². The lowest BCUT2D eigenvalue weighted by molar-refractivity contribution is -0.120. The van der Waals surface area contributed by atoms with Gasteiger partial charge in [-0.1, -0.05) is 12.8 Å². The molecule has 1 atom stereocenters.